The van der Waals surface area contributed by atoms with Gasteiger partial charge >= 0.3 is 0 Å². The Balaban J connectivity index is 0.000000686. The van der Waals surface area contributed by atoms with Crippen LogP contribution in [-0.2, 0) is 11.3 Å². The summed E-state index contributed by atoms with van der Waals surface area (Å²) in [5, 5.41) is 0. The molecule has 1 aliphatic heterocycles. The predicted molar refractivity (Wildman–Crippen MR) is 70.7 cm³/mol. The maximum absolute atomic E-state index is 11.7. The van der Waals surface area contributed by atoms with E-state index in [0.717, 1.165) is 19.6 Å². The molecule has 94 valence electrons. The van der Waals surface area contributed by atoms with Crippen LogP contribution in [0.15, 0.2) is 30.3 Å². The number of rotatable bonds is 2. The molecule has 1 aliphatic rings. The molecule has 1 aromatic carbocycles. The number of nitrogens with zero attached hydrogens (tertiary/aromatic N) is 2. The van der Waals surface area contributed by atoms with Gasteiger partial charge in [-0.1, -0.05) is 44.2 Å². The summed E-state index contributed by atoms with van der Waals surface area (Å²) >= 11 is 0. The lowest BCUT2D eigenvalue weighted by Crippen LogP contribution is -2.48. The molecule has 0 radical (unpaired) electrons. The summed E-state index contributed by atoms with van der Waals surface area (Å²) in [6, 6.07) is 10.1. The van der Waals surface area contributed by atoms with Crippen molar-refractivity contribution in [3.8, 4) is 0 Å². The van der Waals surface area contributed by atoms with Crippen molar-refractivity contribution in [3.05, 3.63) is 35.9 Å². The first-order chi connectivity index (χ1) is 8.25. The minimum atomic E-state index is 0.229. The van der Waals surface area contributed by atoms with E-state index in [-0.39, 0.29) is 5.91 Å². The highest BCUT2D eigenvalue weighted by Crippen LogP contribution is 2.08. The van der Waals surface area contributed by atoms with Crippen molar-refractivity contribution in [1.29, 1.82) is 0 Å². The van der Waals surface area contributed by atoms with E-state index in [2.05, 4.69) is 17.0 Å². The van der Waals surface area contributed by atoms with Gasteiger partial charge in [0, 0.05) is 19.6 Å². The van der Waals surface area contributed by atoms with Crippen molar-refractivity contribution in [2.24, 2.45) is 0 Å². The first-order valence-electron chi connectivity index (χ1n) is 6.26. The highest BCUT2D eigenvalue weighted by Gasteiger charge is 2.20. The van der Waals surface area contributed by atoms with Crippen LogP contribution in [0.3, 0.4) is 0 Å². The molecule has 0 aliphatic carbocycles. The number of amides is 1. The fourth-order valence-electron chi connectivity index (χ4n) is 1.80. The van der Waals surface area contributed by atoms with Gasteiger partial charge < -0.3 is 4.90 Å². The molecule has 1 aromatic rings. The SMILES string of the molecule is CC.CN1CCN(Cc2ccccc2)C(=O)C1. The predicted octanol–water partition coefficient (Wildman–Crippen LogP) is 1.99. The molecule has 0 saturated carbocycles. The van der Waals surface area contributed by atoms with Crippen LogP contribution in [0.5, 0.6) is 0 Å². The number of piperazine rings is 1. The Labute approximate surface area is 104 Å². The summed E-state index contributed by atoms with van der Waals surface area (Å²) in [5.41, 5.74) is 1.20. The first-order valence-corrected chi connectivity index (χ1v) is 6.26. The van der Waals surface area contributed by atoms with Gasteiger partial charge in [-0.05, 0) is 12.6 Å². The van der Waals surface area contributed by atoms with Gasteiger partial charge in [-0.2, -0.15) is 0 Å². The molecular formula is C14H22N2O. The van der Waals surface area contributed by atoms with Crippen LogP contribution < -0.4 is 0 Å². The molecule has 0 unspecified atom stereocenters. The minimum absolute atomic E-state index is 0.229. The second kappa shape index (κ2) is 7.07. The van der Waals surface area contributed by atoms with E-state index in [1.54, 1.807) is 0 Å². The lowest BCUT2D eigenvalue weighted by molar-refractivity contribution is -0.136. The summed E-state index contributed by atoms with van der Waals surface area (Å²) in [6.45, 7) is 7.10. The third kappa shape index (κ3) is 4.19. The molecule has 1 heterocycles. The summed E-state index contributed by atoms with van der Waals surface area (Å²) in [7, 11) is 1.98. The quantitative estimate of drug-likeness (QED) is 0.781. The van der Waals surface area contributed by atoms with Gasteiger partial charge in [-0.3, -0.25) is 9.69 Å². The first kappa shape index (κ1) is 13.7. The smallest absolute Gasteiger partial charge is 0.237 e. The summed E-state index contributed by atoms with van der Waals surface area (Å²) in [4.78, 5) is 15.7. The lowest BCUT2D eigenvalue weighted by Gasteiger charge is -2.32. The lowest BCUT2D eigenvalue weighted by atomic mass is 10.2. The number of likely N-dealkylation sites (N-methyl/N-ethyl adjacent to an activating group) is 1. The average Bonchev–Trinajstić information content (AvgIpc) is 2.37. The van der Waals surface area contributed by atoms with Gasteiger partial charge in [-0.15, -0.1) is 0 Å². The molecule has 0 spiro atoms. The fraction of sp³-hybridized carbons (Fsp3) is 0.500. The normalized spacial score (nSPS) is 16.4. The Morgan fingerprint density at radius 2 is 1.76 bits per heavy atom. The Bertz CT molecular complexity index is 337. The second-order valence-electron chi connectivity index (χ2n) is 4.04. The van der Waals surface area contributed by atoms with Crippen molar-refractivity contribution >= 4 is 5.91 Å². The molecule has 0 bridgehead atoms. The number of carbonyl (C=O) groups is 1. The Kier molecular flexibility index (Phi) is 5.70. The van der Waals surface area contributed by atoms with E-state index in [9.17, 15) is 4.79 Å². The van der Waals surface area contributed by atoms with E-state index in [4.69, 9.17) is 0 Å². The summed E-state index contributed by atoms with van der Waals surface area (Å²) in [5.74, 6) is 0.229. The molecule has 1 fully saturated rings. The average molecular weight is 234 g/mol. The Morgan fingerprint density at radius 3 is 2.35 bits per heavy atom. The number of carbonyl (C=O) groups excluding carboxylic acids is 1. The van der Waals surface area contributed by atoms with Crippen LogP contribution in [-0.4, -0.2) is 42.4 Å². The zero-order valence-corrected chi connectivity index (χ0v) is 11.0. The third-order valence-corrected chi connectivity index (χ3v) is 2.73. The number of hydrogen-bond donors (Lipinski definition) is 0. The van der Waals surface area contributed by atoms with Gasteiger partial charge in [0.05, 0.1) is 6.54 Å². The summed E-state index contributed by atoms with van der Waals surface area (Å²) < 4.78 is 0. The second-order valence-corrected chi connectivity index (χ2v) is 4.04. The van der Waals surface area contributed by atoms with Crippen LogP contribution in [0, 0.1) is 0 Å². The van der Waals surface area contributed by atoms with Crippen molar-refractivity contribution in [2.75, 3.05) is 26.7 Å². The van der Waals surface area contributed by atoms with E-state index < -0.39 is 0 Å². The molecule has 17 heavy (non-hydrogen) atoms. The Hall–Kier alpha value is -1.35. The van der Waals surface area contributed by atoms with Gasteiger partial charge in [0.2, 0.25) is 5.91 Å². The molecule has 0 aromatic heterocycles. The highest BCUT2D eigenvalue weighted by molar-refractivity contribution is 5.78. The molecule has 2 rings (SSSR count). The zero-order valence-electron chi connectivity index (χ0n) is 11.0. The number of hydrogen-bond acceptors (Lipinski definition) is 2. The van der Waals surface area contributed by atoms with E-state index in [1.165, 1.54) is 5.56 Å². The Morgan fingerprint density at radius 1 is 1.12 bits per heavy atom. The topological polar surface area (TPSA) is 23.6 Å². The van der Waals surface area contributed by atoms with Crippen molar-refractivity contribution in [1.82, 2.24) is 9.80 Å². The molecular weight excluding hydrogens is 212 g/mol. The van der Waals surface area contributed by atoms with Crippen LogP contribution in [0.25, 0.3) is 0 Å². The molecule has 3 nitrogen and oxygen atoms in total. The van der Waals surface area contributed by atoms with Gasteiger partial charge in [-0.25, -0.2) is 0 Å². The van der Waals surface area contributed by atoms with Crippen molar-refractivity contribution < 1.29 is 4.79 Å². The van der Waals surface area contributed by atoms with Crippen LogP contribution >= 0.6 is 0 Å². The molecule has 1 saturated heterocycles. The van der Waals surface area contributed by atoms with E-state index in [0.29, 0.717) is 6.54 Å². The molecule has 0 N–H and O–H groups in total. The maximum atomic E-state index is 11.7. The standard InChI is InChI=1S/C12H16N2O.C2H6/c1-13-7-8-14(12(15)10-13)9-11-5-3-2-4-6-11;1-2/h2-6H,7-10H2,1H3;1-2H3. The molecule has 3 heteroatoms. The van der Waals surface area contributed by atoms with Gasteiger partial charge in [0.1, 0.15) is 0 Å². The largest absolute Gasteiger partial charge is 0.336 e. The van der Waals surface area contributed by atoms with Crippen molar-refractivity contribution in [2.45, 2.75) is 20.4 Å². The van der Waals surface area contributed by atoms with Gasteiger partial charge in [0.25, 0.3) is 0 Å². The third-order valence-electron chi connectivity index (χ3n) is 2.73. The molecule has 0 atom stereocenters. The minimum Gasteiger partial charge on any atom is -0.336 e. The highest BCUT2D eigenvalue weighted by atomic mass is 16.2. The van der Waals surface area contributed by atoms with E-state index >= 15 is 0 Å². The maximum Gasteiger partial charge on any atom is 0.237 e. The van der Waals surface area contributed by atoms with Crippen molar-refractivity contribution in [3.63, 3.8) is 0 Å². The zero-order chi connectivity index (χ0) is 12.7. The van der Waals surface area contributed by atoms with Crippen LogP contribution in [0.2, 0.25) is 0 Å². The molecule has 1 amide bonds. The van der Waals surface area contributed by atoms with Gasteiger partial charge in [0.15, 0.2) is 0 Å². The van der Waals surface area contributed by atoms with Crippen LogP contribution in [0.1, 0.15) is 19.4 Å². The van der Waals surface area contributed by atoms with Crippen LogP contribution in [0.4, 0.5) is 0 Å². The monoisotopic (exact) mass is 234 g/mol. The summed E-state index contributed by atoms with van der Waals surface area (Å²) in [6.07, 6.45) is 0. The fourth-order valence-corrected chi connectivity index (χ4v) is 1.80. The number of benzene rings is 1. The van der Waals surface area contributed by atoms with E-state index in [1.807, 2.05) is 44.0 Å².